The van der Waals surface area contributed by atoms with Gasteiger partial charge < -0.3 is 21.4 Å². The third-order valence-electron chi connectivity index (χ3n) is 4.67. The molecule has 2 amide bonds. The maximum absolute atomic E-state index is 12.7. The molecule has 1 fully saturated rings. The minimum absolute atomic E-state index is 0.0208. The van der Waals surface area contributed by atoms with Gasteiger partial charge in [0.15, 0.2) is 10.1 Å². The van der Waals surface area contributed by atoms with Crippen LogP contribution in [0, 0.1) is 0 Å². The van der Waals surface area contributed by atoms with Crippen molar-refractivity contribution in [2.24, 2.45) is 5.16 Å². The van der Waals surface area contributed by atoms with Gasteiger partial charge in [-0.15, -0.1) is 23.1 Å². The highest BCUT2D eigenvalue weighted by atomic mass is 32.2. The monoisotopic (exact) mass is 547 g/mol. The zero-order valence-electron chi connectivity index (χ0n) is 16.9. The number of anilines is 1. The molecule has 0 radical (unpaired) electrons. The lowest BCUT2D eigenvalue weighted by molar-refractivity contribution is -0.150. The van der Waals surface area contributed by atoms with Crippen molar-refractivity contribution in [3.8, 4) is 0 Å². The SMILES string of the molecule is Nc1nc(C(=NO)C(=O)NC2C(=O)N3C(C(=O)O)=C(C=Cc4cnc(C(F)(F)F)s4)CS[C@H]23)ns1. The van der Waals surface area contributed by atoms with Crippen LogP contribution in [0.5, 0.6) is 0 Å². The molecule has 1 unspecified atom stereocenters. The van der Waals surface area contributed by atoms with E-state index in [4.69, 9.17) is 10.9 Å². The van der Waals surface area contributed by atoms with Gasteiger partial charge in [-0.05, 0) is 11.6 Å². The Hall–Kier alpha value is -3.51. The summed E-state index contributed by atoms with van der Waals surface area (Å²) < 4.78 is 42.0. The molecule has 2 aliphatic rings. The number of halogens is 3. The molecule has 2 atom stereocenters. The predicted molar refractivity (Wildman–Crippen MR) is 118 cm³/mol. The van der Waals surface area contributed by atoms with Crippen LogP contribution in [-0.2, 0) is 20.6 Å². The second-order valence-corrected chi connectivity index (χ2v) is 9.79. The number of β-lactam (4-membered cyclic amide) rings is 1. The lowest BCUT2D eigenvalue weighted by atomic mass is 10.0. The Morgan fingerprint density at radius 1 is 1.34 bits per heavy atom. The summed E-state index contributed by atoms with van der Waals surface area (Å²) in [5, 5.41) is 22.3. The number of carboxylic acids is 1. The number of nitrogens with one attached hydrogen (secondary N) is 1. The molecule has 0 saturated carbocycles. The topological polar surface area (TPSA) is 184 Å². The summed E-state index contributed by atoms with van der Waals surface area (Å²) in [5.74, 6) is -3.29. The Kier molecular flexibility index (Phi) is 6.52. The molecule has 18 heteroatoms. The molecule has 4 heterocycles. The molecule has 12 nitrogen and oxygen atoms in total. The van der Waals surface area contributed by atoms with Crippen molar-refractivity contribution < 1.29 is 37.9 Å². The quantitative estimate of drug-likeness (QED) is 0.177. The number of aromatic nitrogens is 3. The average Bonchev–Trinajstić information content (AvgIpc) is 3.45. The van der Waals surface area contributed by atoms with Crippen LogP contribution in [0.15, 0.2) is 28.7 Å². The van der Waals surface area contributed by atoms with Crippen LogP contribution in [0.3, 0.4) is 0 Å². The van der Waals surface area contributed by atoms with E-state index in [0.29, 0.717) is 11.3 Å². The number of alkyl halides is 3. The molecular formula is C17H12F3N7O5S3. The fraction of sp³-hybridized carbons (Fsp3) is 0.235. The van der Waals surface area contributed by atoms with E-state index in [9.17, 15) is 32.7 Å². The van der Waals surface area contributed by atoms with Crippen LogP contribution in [0.2, 0.25) is 0 Å². The number of oxime groups is 1. The molecule has 1 saturated heterocycles. The third kappa shape index (κ3) is 4.71. The second-order valence-electron chi connectivity index (χ2n) is 6.84. The summed E-state index contributed by atoms with van der Waals surface area (Å²) in [6.45, 7) is 0. The highest BCUT2D eigenvalue weighted by Crippen LogP contribution is 2.41. The van der Waals surface area contributed by atoms with Crippen molar-refractivity contribution in [2.45, 2.75) is 17.6 Å². The molecule has 2 aliphatic heterocycles. The molecule has 0 aromatic carbocycles. The number of carboxylic acid groups (broad SMARTS) is 1. The third-order valence-corrected chi connectivity index (χ3v) is 7.52. The minimum atomic E-state index is -4.59. The lowest BCUT2D eigenvalue weighted by Gasteiger charge is -2.49. The van der Waals surface area contributed by atoms with E-state index < -0.39 is 46.1 Å². The van der Waals surface area contributed by atoms with E-state index >= 15 is 0 Å². The number of hydrogen-bond acceptors (Lipinski definition) is 12. The van der Waals surface area contributed by atoms with Gasteiger partial charge in [-0.2, -0.15) is 22.5 Å². The standard InChI is InChI=1S/C17H12F3N7O5S3/c18-17(19,20)15-22-3-6(34-15)2-1-5-4-33-13-8(12(29)27(13)9(5)14(30)31)23-11(28)7(25-32)10-24-16(21)35-26-10/h1-3,8,13,32H,4H2,(H,23,28)(H,30,31)(H2,21,24,26)/t8?,13-/m1/s1. The maximum Gasteiger partial charge on any atom is 0.443 e. The van der Waals surface area contributed by atoms with Crippen LogP contribution >= 0.6 is 34.6 Å². The fourth-order valence-electron chi connectivity index (χ4n) is 3.18. The summed E-state index contributed by atoms with van der Waals surface area (Å²) in [6, 6.07) is -1.13. The van der Waals surface area contributed by atoms with E-state index in [1.807, 2.05) is 0 Å². The summed E-state index contributed by atoms with van der Waals surface area (Å²) >= 11 is 2.28. The number of hydrogen-bond donors (Lipinski definition) is 4. The van der Waals surface area contributed by atoms with E-state index in [0.717, 1.165) is 34.4 Å². The molecule has 2 aromatic rings. The van der Waals surface area contributed by atoms with Crippen molar-refractivity contribution in [3.63, 3.8) is 0 Å². The first kappa shape index (κ1) is 24.6. The number of nitrogen functional groups attached to an aromatic ring is 1. The van der Waals surface area contributed by atoms with Crippen molar-refractivity contribution in [3.05, 3.63) is 39.3 Å². The van der Waals surface area contributed by atoms with Gasteiger partial charge >= 0.3 is 12.1 Å². The summed E-state index contributed by atoms with van der Waals surface area (Å²) in [6.07, 6.45) is -0.988. The van der Waals surface area contributed by atoms with Crippen molar-refractivity contribution >= 4 is 69.3 Å². The normalized spacial score (nSPS) is 20.7. The average molecular weight is 548 g/mol. The number of nitrogens with zero attached hydrogens (tertiary/aromatic N) is 5. The Bertz CT molecular complexity index is 1300. The first-order valence-electron chi connectivity index (χ1n) is 9.26. The summed E-state index contributed by atoms with van der Waals surface area (Å²) in [5.41, 5.74) is 4.71. The molecule has 5 N–H and O–H groups in total. The minimum Gasteiger partial charge on any atom is -0.477 e. The molecule has 4 rings (SSSR count). The summed E-state index contributed by atoms with van der Waals surface area (Å²) in [7, 11) is 0. The van der Waals surface area contributed by atoms with Gasteiger partial charge in [-0.3, -0.25) is 14.5 Å². The number of rotatable bonds is 6. The van der Waals surface area contributed by atoms with Crippen LogP contribution < -0.4 is 11.1 Å². The van der Waals surface area contributed by atoms with Gasteiger partial charge in [0.25, 0.3) is 11.8 Å². The molecular weight excluding hydrogens is 535 g/mol. The fourth-order valence-corrected chi connectivity index (χ4v) is 5.62. The van der Waals surface area contributed by atoms with Crippen LogP contribution in [0.25, 0.3) is 6.08 Å². The van der Waals surface area contributed by atoms with Crippen LogP contribution in [0.4, 0.5) is 18.3 Å². The lowest BCUT2D eigenvalue weighted by Crippen LogP contribution is -2.71. The molecule has 35 heavy (non-hydrogen) atoms. The number of thiazole rings is 1. The van der Waals surface area contributed by atoms with Gasteiger partial charge in [-0.1, -0.05) is 11.2 Å². The van der Waals surface area contributed by atoms with Crippen molar-refractivity contribution in [2.75, 3.05) is 11.5 Å². The number of aliphatic carboxylic acids is 1. The van der Waals surface area contributed by atoms with E-state index in [-0.39, 0.29) is 32.9 Å². The van der Waals surface area contributed by atoms with Gasteiger partial charge in [0, 0.05) is 28.4 Å². The van der Waals surface area contributed by atoms with Crippen molar-refractivity contribution in [1.29, 1.82) is 0 Å². The Labute approximate surface area is 205 Å². The highest BCUT2D eigenvalue weighted by Gasteiger charge is 2.54. The molecule has 2 aromatic heterocycles. The van der Waals surface area contributed by atoms with Gasteiger partial charge in [0.2, 0.25) is 11.5 Å². The number of fused-ring (bicyclic) bond motifs is 1. The largest absolute Gasteiger partial charge is 0.477 e. The zero-order chi connectivity index (χ0) is 25.5. The van der Waals surface area contributed by atoms with Gasteiger partial charge in [-0.25, -0.2) is 9.78 Å². The number of amides is 2. The van der Waals surface area contributed by atoms with Crippen LogP contribution in [-0.4, -0.2) is 70.2 Å². The smallest absolute Gasteiger partial charge is 0.443 e. The Morgan fingerprint density at radius 3 is 2.66 bits per heavy atom. The van der Waals surface area contributed by atoms with Crippen molar-refractivity contribution in [1.82, 2.24) is 24.6 Å². The van der Waals surface area contributed by atoms with E-state index in [1.165, 1.54) is 12.2 Å². The Morgan fingerprint density at radius 2 is 2.09 bits per heavy atom. The number of thioether (sulfide) groups is 1. The van der Waals surface area contributed by atoms with Crippen LogP contribution in [0.1, 0.15) is 15.7 Å². The van der Waals surface area contributed by atoms with E-state index in [2.05, 4.69) is 24.8 Å². The Balaban J connectivity index is 1.51. The molecule has 0 bridgehead atoms. The van der Waals surface area contributed by atoms with Gasteiger partial charge in [0.1, 0.15) is 17.1 Å². The maximum atomic E-state index is 12.7. The summed E-state index contributed by atoms with van der Waals surface area (Å²) in [4.78, 5) is 45.3. The first-order chi connectivity index (χ1) is 16.5. The zero-order valence-corrected chi connectivity index (χ0v) is 19.3. The second kappa shape index (κ2) is 9.27. The highest BCUT2D eigenvalue weighted by molar-refractivity contribution is 8.00. The molecule has 0 aliphatic carbocycles. The predicted octanol–water partition coefficient (Wildman–Crippen LogP) is 1.23. The molecule has 0 spiro atoms. The number of allylic oxidation sites excluding steroid dienone is 1. The number of carbonyl (C=O) groups is 3. The first-order valence-corrected chi connectivity index (χ1v) is 11.9. The number of carbonyl (C=O) groups excluding carboxylic acids is 2. The number of nitrogens with two attached hydrogens (primary N) is 1. The van der Waals surface area contributed by atoms with E-state index in [1.54, 1.807) is 0 Å². The van der Waals surface area contributed by atoms with Gasteiger partial charge in [0.05, 0.1) is 0 Å². The molecule has 184 valence electrons.